The van der Waals surface area contributed by atoms with Crippen LogP contribution in [0.2, 0.25) is 0 Å². The maximum absolute atomic E-state index is 13.1. The molecule has 2 N–H and O–H groups in total. The summed E-state index contributed by atoms with van der Waals surface area (Å²) in [5, 5.41) is 10.4. The fourth-order valence-electron chi connectivity index (χ4n) is 3.29. The van der Waals surface area contributed by atoms with Crippen molar-refractivity contribution in [3.8, 4) is 5.69 Å². The number of para-hydroxylation sites is 1. The molecule has 0 unspecified atom stereocenters. The molecule has 3 rings (SSSR count). The molecular weight excluding hydrogens is 367 g/mol. The Morgan fingerprint density at radius 3 is 2.34 bits per heavy atom. The zero-order valence-corrected chi connectivity index (χ0v) is 17.3. The summed E-state index contributed by atoms with van der Waals surface area (Å²) in [6.07, 6.45) is 0. The molecule has 0 radical (unpaired) electrons. The third kappa shape index (κ3) is 4.83. The molecule has 29 heavy (non-hydrogen) atoms. The van der Waals surface area contributed by atoms with Gasteiger partial charge in [0.05, 0.1) is 11.4 Å². The summed E-state index contributed by atoms with van der Waals surface area (Å²) in [4.78, 5) is 12.3. The molecule has 0 spiro atoms. The first kappa shape index (κ1) is 20.6. The average Bonchev–Trinajstić information content (AvgIpc) is 2.99. The summed E-state index contributed by atoms with van der Waals surface area (Å²) in [5.41, 5.74) is 4.54. The van der Waals surface area contributed by atoms with E-state index in [0.717, 1.165) is 28.2 Å². The smallest absolute Gasteiger partial charge is 0.315 e. The summed E-state index contributed by atoms with van der Waals surface area (Å²) < 4.78 is 15.0. The van der Waals surface area contributed by atoms with Crippen molar-refractivity contribution in [2.45, 2.75) is 39.7 Å². The van der Waals surface area contributed by atoms with Crippen LogP contribution in [0.25, 0.3) is 5.69 Å². The number of hydrogen-bond donors (Lipinski definition) is 2. The second-order valence-corrected chi connectivity index (χ2v) is 7.82. The highest BCUT2D eigenvalue weighted by Gasteiger charge is 2.21. The molecule has 0 saturated heterocycles. The van der Waals surface area contributed by atoms with E-state index in [1.54, 1.807) is 12.1 Å². The van der Waals surface area contributed by atoms with E-state index in [2.05, 4.69) is 15.7 Å². The maximum Gasteiger partial charge on any atom is 0.315 e. The van der Waals surface area contributed by atoms with Gasteiger partial charge in [-0.15, -0.1) is 0 Å². The Hall–Kier alpha value is -3.15. The molecule has 1 aromatic heterocycles. The van der Waals surface area contributed by atoms with Crippen LogP contribution in [0.4, 0.5) is 9.18 Å². The quantitative estimate of drug-likeness (QED) is 0.651. The molecule has 2 aromatic carbocycles. The number of amides is 2. The Morgan fingerprint density at radius 2 is 1.69 bits per heavy atom. The Bertz CT molecular complexity index is 978. The first-order chi connectivity index (χ1) is 13.8. The monoisotopic (exact) mass is 394 g/mol. The molecule has 6 heteroatoms. The van der Waals surface area contributed by atoms with Crippen molar-refractivity contribution < 1.29 is 9.18 Å². The first-order valence-electron chi connectivity index (χ1n) is 9.66. The second-order valence-electron chi connectivity index (χ2n) is 7.82. The van der Waals surface area contributed by atoms with Crippen molar-refractivity contribution in [2.24, 2.45) is 0 Å². The third-order valence-corrected chi connectivity index (χ3v) is 5.18. The van der Waals surface area contributed by atoms with E-state index >= 15 is 0 Å². The lowest BCUT2D eigenvalue weighted by Crippen LogP contribution is -2.42. The number of benzene rings is 2. The second kappa shape index (κ2) is 8.47. The highest BCUT2D eigenvalue weighted by atomic mass is 19.1. The lowest BCUT2D eigenvalue weighted by molar-refractivity contribution is 0.238. The van der Waals surface area contributed by atoms with Crippen molar-refractivity contribution in [2.75, 3.05) is 6.54 Å². The number of nitrogens with zero attached hydrogens (tertiary/aromatic N) is 2. The molecule has 1 heterocycles. The number of hydrogen-bond acceptors (Lipinski definition) is 2. The lowest BCUT2D eigenvalue weighted by Gasteiger charge is -2.25. The largest absolute Gasteiger partial charge is 0.337 e. The number of aromatic nitrogens is 2. The highest BCUT2D eigenvalue weighted by molar-refractivity contribution is 5.74. The van der Waals surface area contributed by atoms with Crippen molar-refractivity contribution in [1.29, 1.82) is 0 Å². The number of nitrogens with one attached hydrogen (secondary N) is 2. The Labute approximate surface area is 170 Å². The van der Waals surface area contributed by atoms with E-state index in [9.17, 15) is 9.18 Å². The zero-order valence-electron chi connectivity index (χ0n) is 17.3. The van der Waals surface area contributed by atoms with Crippen LogP contribution in [0.3, 0.4) is 0 Å². The van der Waals surface area contributed by atoms with Crippen LogP contribution >= 0.6 is 0 Å². The van der Waals surface area contributed by atoms with Crippen molar-refractivity contribution >= 4 is 6.03 Å². The number of carbonyl (C=O) groups excluding carboxylic acids is 1. The van der Waals surface area contributed by atoms with Gasteiger partial charge in [-0.25, -0.2) is 13.9 Å². The van der Waals surface area contributed by atoms with Gasteiger partial charge in [0.25, 0.3) is 0 Å². The summed E-state index contributed by atoms with van der Waals surface area (Å²) in [6, 6.07) is 16.0. The summed E-state index contributed by atoms with van der Waals surface area (Å²) in [7, 11) is 0. The predicted molar refractivity (Wildman–Crippen MR) is 113 cm³/mol. The molecule has 5 nitrogen and oxygen atoms in total. The van der Waals surface area contributed by atoms with E-state index in [0.29, 0.717) is 13.1 Å². The van der Waals surface area contributed by atoms with E-state index in [1.807, 2.05) is 62.7 Å². The van der Waals surface area contributed by atoms with Crippen LogP contribution in [0.15, 0.2) is 54.6 Å². The molecule has 152 valence electrons. The molecule has 0 saturated carbocycles. The fourth-order valence-corrected chi connectivity index (χ4v) is 3.29. The zero-order chi connectivity index (χ0) is 21.0. The first-order valence-corrected chi connectivity index (χ1v) is 9.66. The van der Waals surface area contributed by atoms with Crippen molar-refractivity contribution in [3.05, 3.63) is 82.9 Å². The van der Waals surface area contributed by atoms with Crippen LogP contribution < -0.4 is 10.6 Å². The molecule has 0 aliphatic heterocycles. The van der Waals surface area contributed by atoms with Gasteiger partial charge < -0.3 is 10.6 Å². The van der Waals surface area contributed by atoms with E-state index in [4.69, 9.17) is 0 Å². The van der Waals surface area contributed by atoms with E-state index in [1.165, 1.54) is 12.1 Å². The van der Waals surface area contributed by atoms with Gasteiger partial charge in [-0.05, 0) is 43.7 Å². The minimum absolute atomic E-state index is 0.244. The summed E-state index contributed by atoms with van der Waals surface area (Å²) in [5.74, 6) is -0.267. The summed E-state index contributed by atoms with van der Waals surface area (Å²) in [6.45, 7) is 8.80. The Balaban J connectivity index is 1.60. The number of aryl methyl sites for hydroxylation is 1. The SMILES string of the molecule is Cc1nn(-c2ccccc2)c(C)c1CNC(=O)NCC(C)(C)c1ccc(F)cc1. The third-order valence-electron chi connectivity index (χ3n) is 5.18. The van der Waals surface area contributed by atoms with Crippen molar-refractivity contribution in [3.63, 3.8) is 0 Å². The normalized spacial score (nSPS) is 11.3. The van der Waals surface area contributed by atoms with E-state index < -0.39 is 0 Å². The van der Waals surface area contributed by atoms with Crippen molar-refractivity contribution in [1.82, 2.24) is 20.4 Å². The number of carbonyl (C=O) groups is 1. The van der Waals surface area contributed by atoms with E-state index in [-0.39, 0.29) is 17.3 Å². The molecule has 2 amide bonds. The van der Waals surface area contributed by atoms with Gasteiger partial charge in [-0.1, -0.05) is 44.2 Å². The number of urea groups is 1. The lowest BCUT2D eigenvalue weighted by atomic mass is 9.84. The maximum atomic E-state index is 13.1. The van der Waals surface area contributed by atoms with Gasteiger partial charge in [0.2, 0.25) is 0 Å². The fraction of sp³-hybridized carbons (Fsp3) is 0.304. The van der Waals surface area contributed by atoms with Gasteiger partial charge in [-0.3, -0.25) is 0 Å². The standard InChI is InChI=1S/C23H27FN4O/c1-16-21(17(2)28(27-16)20-8-6-5-7-9-20)14-25-22(29)26-15-23(3,4)18-10-12-19(24)13-11-18/h5-13H,14-15H2,1-4H3,(H2,25,26,29). The highest BCUT2D eigenvalue weighted by Crippen LogP contribution is 2.22. The van der Waals surface area contributed by atoms with Gasteiger partial charge in [-0.2, -0.15) is 5.10 Å². The Kier molecular flexibility index (Phi) is 6.01. The molecule has 0 fully saturated rings. The van der Waals surface area contributed by atoms with Crippen LogP contribution in [-0.4, -0.2) is 22.4 Å². The molecule has 0 bridgehead atoms. The molecular formula is C23H27FN4O. The number of halogens is 1. The van der Waals surface area contributed by atoms with Gasteiger partial charge in [0.1, 0.15) is 5.82 Å². The minimum Gasteiger partial charge on any atom is -0.337 e. The van der Waals surface area contributed by atoms with Gasteiger partial charge >= 0.3 is 6.03 Å². The predicted octanol–water partition coefficient (Wildman–Crippen LogP) is 4.41. The summed E-state index contributed by atoms with van der Waals surface area (Å²) >= 11 is 0. The average molecular weight is 394 g/mol. The minimum atomic E-state index is -0.310. The molecule has 3 aromatic rings. The molecule has 0 aliphatic carbocycles. The van der Waals surface area contributed by atoms with Crippen LogP contribution in [-0.2, 0) is 12.0 Å². The van der Waals surface area contributed by atoms with Crippen LogP contribution in [0, 0.1) is 19.7 Å². The molecule has 0 atom stereocenters. The number of rotatable bonds is 6. The topological polar surface area (TPSA) is 59.0 Å². The van der Waals surface area contributed by atoms with Gasteiger partial charge in [0.15, 0.2) is 0 Å². The van der Waals surface area contributed by atoms with Gasteiger partial charge in [0, 0.05) is 29.8 Å². The van der Waals surface area contributed by atoms with Crippen LogP contribution in [0.1, 0.15) is 36.4 Å². The van der Waals surface area contributed by atoms with Crippen LogP contribution in [0.5, 0.6) is 0 Å². The Morgan fingerprint density at radius 1 is 1.03 bits per heavy atom. The molecule has 0 aliphatic rings.